The molecule has 2 aromatic carbocycles. The lowest BCUT2D eigenvalue weighted by molar-refractivity contribution is -0.249. The number of halogens is 3. The van der Waals surface area contributed by atoms with Crippen LogP contribution in [0.4, 0.5) is 13.2 Å². The minimum Gasteiger partial charge on any atom is -0.316 e. The average molecular weight is 471 g/mol. The molecule has 1 saturated carbocycles. The number of benzene rings is 2. The second-order valence-corrected chi connectivity index (χ2v) is 9.36. The molecule has 1 fully saturated rings. The number of alkyl halides is 2. The molecule has 3 rings (SSSR count). The van der Waals surface area contributed by atoms with Crippen LogP contribution in [0.1, 0.15) is 80.0 Å². The largest absolute Gasteiger partial charge is 0.386 e. The fraction of sp³-hybridized carbons (Fsp3) is 0.467. The molecule has 0 unspecified atom stereocenters. The second-order valence-electron chi connectivity index (χ2n) is 9.36. The summed E-state index contributed by atoms with van der Waals surface area (Å²) < 4.78 is 48.8. The van der Waals surface area contributed by atoms with E-state index >= 15 is 0 Å². The van der Waals surface area contributed by atoms with E-state index in [4.69, 9.17) is 4.74 Å². The van der Waals surface area contributed by atoms with Crippen LogP contribution in [0.2, 0.25) is 0 Å². The van der Waals surface area contributed by atoms with E-state index in [1.165, 1.54) is 17.7 Å². The van der Waals surface area contributed by atoms with Crippen LogP contribution < -0.4 is 0 Å². The van der Waals surface area contributed by atoms with Crippen LogP contribution in [0, 0.1) is 11.7 Å². The van der Waals surface area contributed by atoms with Crippen LogP contribution in [-0.4, -0.2) is 6.61 Å². The monoisotopic (exact) mass is 470 g/mol. The minimum absolute atomic E-state index is 0.180. The van der Waals surface area contributed by atoms with Crippen molar-refractivity contribution in [3.05, 3.63) is 95.3 Å². The van der Waals surface area contributed by atoms with Crippen LogP contribution in [0.25, 0.3) is 0 Å². The third-order valence-corrected chi connectivity index (χ3v) is 6.94. The van der Waals surface area contributed by atoms with Gasteiger partial charge in [0.2, 0.25) is 0 Å². The van der Waals surface area contributed by atoms with Crippen LogP contribution in [0.3, 0.4) is 0 Å². The van der Waals surface area contributed by atoms with Gasteiger partial charge in [0.1, 0.15) is 5.82 Å². The molecule has 34 heavy (non-hydrogen) atoms. The summed E-state index contributed by atoms with van der Waals surface area (Å²) in [5, 5.41) is 0. The number of aryl methyl sites for hydroxylation is 1. The van der Waals surface area contributed by atoms with Crippen molar-refractivity contribution in [2.75, 3.05) is 6.61 Å². The maximum Gasteiger partial charge on any atom is 0.386 e. The van der Waals surface area contributed by atoms with E-state index in [9.17, 15) is 13.2 Å². The van der Waals surface area contributed by atoms with Crippen molar-refractivity contribution in [1.82, 2.24) is 0 Å². The molecule has 0 amide bonds. The van der Waals surface area contributed by atoms with Crippen LogP contribution in [0.5, 0.6) is 0 Å². The first-order valence-corrected chi connectivity index (χ1v) is 12.5. The summed E-state index contributed by atoms with van der Waals surface area (Å²) in [5.41, 5.74) is 2.26. The molecule has 0 atom stereocenters. The van der Waals surface area contributed by atoms with E-state index in [1.807, 2.05) is 43.3 Å². The summed E-state index contributed by atoms with van der Waals surface area (Å²) in [6.45, 7) is 5.60. The van der Waals surface area contributed by atoms with Crippen LogP contribution in [0.15, 0.2) is 67.3 Å². The third-order valence-electron chi connectivity index (χ3n) is 6.94. The maximum atomic E-state index is 14.7. The van der Waals surface area contributed by atoms with Crippen molar-refractivity contribution >= 4 is 0 Å². The average Bonchev–Trinajstić information content (AvgIpc) is 2.84. The van der Waals surface area contributed by atoms with Gasteiger partial charge in [0.25, 0.3) is 0 Å². The first kappa shape index (κ1) is 26.3. The molecule has 1 nitrogen and oxygen atoms in total. The molecular formula is C30H37F3O. The Morgan fingerprint density at radius 2 is 1.65 bits per heavy atom. The van der Waals surface area contributed by atoms with E-state index in [-0.39, 0.29) is 12.5 Å². The number of allylic oxidation sites excluding steroid dienone is 3. The maximum absolute atomic E-state index is 14.7. The van der Waals surface area contributed by atoms with E-state index in [0.717, 1.165) is 62.5 Å². The van der Waals surface area contributed by atoms with Crippen LogP contribution >= 0.6 is 0 Å². The summed E-state index contributed by atoms with van der Waals surface area (Å²) in [4.78, 5) is 0. The first-order valence-electron chi connectivity index (χ1n) is 12.5. The molecule has 0 spiro atoms. The van der Waals surface area contributed by atoms with Crippen molar-refractivity contribution in [1.29, 1.82) is 0 Å². The Morgan fingerprint density at radius 3 is 2.26 bits per heavy atom. The zero-order valence-corrected chi connectivity index (χ0v) is 20.2. The Bertz CT molecular complexity index is 925. The molecule has 0 aliphatic heterocycles. The molecule has 0 N–H and O–H groups in total. The van der Waals surface area contributed by atoms with E-state index < -0.39 is 17.5 Å². The fourth-order valence-electron chi connectivity index (χ4n) is 4.82. The molecule has 4 heteroatoms. The molecular weight excluding hydrogens is 433 g/mol. The summed E-state index contributed by atoms with van der Waals surface area (Å²) in [7, 11) is 0. The molecule has 0 heterocycles. The van der Waals surface area contributed by atoms with Crippen molar-refractivity contribution in [2.45, 2.75) is 76.7 Å². The summed E-state index contributed by atoms with van der Waals surface area (Å²) in [6, 6.07) is 12.0. The molecule has 184 valence electrons. The zero-order valence-electron chi connectivity index (χ0n) is 20.2. The van der Waals surface area contributed by atoms with Crippen molar-refractivity contribution in [3.63, 3.8) is 0 Å². The molecule has 1 aliphatic rings. The number of hydrogen-bond acceptors (Lipinski definition) is 1. The molecule has 0 aromatic heterocycles. The van der Waals surface area contributed by atoms with Crippen LogP contribution in [-0.2, 0) is 23.7 Å². The summed E-state index contributed by atoms with van der Waals surface area (Å²) in [5.74, 6) is 0.0336. The van der Waals surface area contributed by atoms with E-state index in [0.29, 0.717) is 12.3 Å². The standard InChI is InChI=1S/C30H37F3O/c1-3-5-7-9-24-10-12-25(13-11-24)20-21-34-30(32,33)28-19-18-27(22-29(28)31)26-16-14-23(15-17-26)8-6-4-2/h3-5,10-13,18-19,22-23,26H,2,6-9,14-17,20-21H2,1H3/b5-3+/t23-,26-. The highest BCUT2D eigenvalue weighted by Gasteiger charge is 2.36. The summed E-state index contributed by atoms with van der Waals surface area (Å²) >= 11 is 0. The Hall–Kier alpha value is -2.33. The number of ether oxygens (including phenoxy) is 1. The van der Waals surface area contributed by atoms with Gasteiger partial charge in [-0.05, 0) is 105 Å². The smallest absolute Gasteiger partial charge is 0.316 e. The van der Waals surface area contributed by atoms with Gasteiger partial charge in [-0.1, -0.05) is 48.6 Å². The van der Waals surface area contributed by atoms with Crippen molar-refractivity contribution in [3.8, 4) is 0 Å². The lowest BCUT2D eigenvalue weighted by Gasteiger charge is -2.29. The molecule has 0 bridgehead atoms. The minimum atomic E-state index is -3.66. The highest BCUT2D eigenvalue weighted by Crippen LogP contribution is 2.39. The fourth-order valence-corrected chi connectivity index (χ4v) is 4.82. The van der Waals surface area contributed by atoms with Crippen molar-refractivity contribution in [2.24, 2.45) is 5.92 Å². The van der Waals surface area contributed by atoms with E-state index in [2.05, 4.69) is 12.7 Å². The predicted octanol–water partition coefficient (Wildman–Crippen LogP) is 8.88. The number of hydrogen-bond donors (Lipinski definition) is 0. The van der Waals surface area contributed by atoms with Crippen molar-refractivity contribution < 1.29 is 17.9 Å². The Morgan fingerprint density at radius 1 is 0.971 bits per heavy atom. The van der Waals surface area contributed by atoms with Gasteiger partial charge in [-0.25, -0.2) is 4.39 Å². The normalized spacial score (nSPS) is 18.9. The SMILES string of the molecule is C=CCC[C@H]1CC[C@H](c2ccc(C(F)(F)OCCc3ccc(CC/C=C/C)cc3)c(F)c2)CC1. The highest BCUT2D eigenvalue weighted by molar-refractivity contribution is 5.29. The quantitative estimate of drug-likeness (QED) is 0.281. The lowest BCUT2D eigenvalue weighted by atomic mass is 9.77. The van der Waals surface area contributed by atoms with Gasteiger partial charge in [0, 0.05) is 0 Å². The second kappa shape index (κ2) is 12.9. The topological polar surface area (TPSA) is 9.23 Å². The molecule has 0 saturated heterocycles. The first-order chi connectivity index (χ1) is 16.4. The van der Waals surface area contributed by atoms with Gasteiger partial charge in [-0.2, -0.15) is 8.78 Å². The van der Waals surface area contributed by atoms with Gasteiger partial charge >= 0.3 is 6.11 Å². The van der Waals surface area contributed by atoms with Gasteiger partial charge in [-0.3, -0.25) is 0 Å². The predicted molar refractivity (Wildman–Crippen MR) is 134 cm³/mol. The third kappa shape index (κ3) is 7.59. The Kier molecular flexibility index (Phi) is 10.0. The van der Waals surface area contributed by atoms with E-state index in [1.54, 1.807) is 6.07 Å². The molecule has 1 aliphatic carbocycles. The summed E-state index contributed by atoms with van der Waals surface area (Å²) in [6.07, 6.45) is 11.0. The Balaban J connectivity index is 1.51. The van der Waals surface area contributed by atoms with Gasteiger partial charge in [0.15, 0.2) is 0 Å². The van der Waals surface area contributed by atoms with Gasteiger partial charge in [-0.15, -0.1) is 6.58 Å². The lowest BCUT2D eigenvalue weighted by Crippen LogP contribution is -2.22. The molecule has 0 radical (unpaired) electrons. The van der Waals surface area contributed by atoms with Gasteiger partial charge in [0.05, 0.1) is 12.2 Å². The Labute approximate surface area is 202 Å². The highest BCUT2D eigenvalue weighted by atomic mass is 19.3. The van der Waals surface area contributed by atoms with Gasteiger partial charge < -0.3 is 4.74 Å². The molecule has 2 aromatic rings. The number of rotatable bonds is 12. The zero-order chi connectivity index (χ0) is 24.4.